The standard InChI is InChI=1S/C16H22N4O3/c1-17-13-6-5-11(20(22)23)10-12(13)16(21)18-14-7-9-19-8-3-2-4-15(14)19/h5-6,10,14-15,17H,2-4,7-9H2,1H3,(H,18,21)/t14-,15+/m0/s1. The van der Waals surface area contributed by atoms with Crippen LogP contribution in [-0.2, 0) is 0 Å². The SMILES string of the molecule is CNc1ccc([N+](=O)[O-])cc1C(=O)N[C@H]1CCN2CCCC[C@H]12. The van der Waals surface area contributed by atoms with Crippen LogP contribution in [-0.4, -0.2) is 48.0 Å². The molecular weight excluding hydrogens is 296 g/mol. The van der Waals surface area contributed by atoms with Gasteiger partial charge in [-0.15, -0.1) is 0 Å². The molecule has 1 amide bonds. The van der Waals surface area contributed by atoms with Crippen molar-refractivity contribution in [1.29, 1.82) is 0 Å². The van der Waals surface area contributed by atoms with Gasteiger partial charge in [-0.3, -0.25) is 19.8 Å². The lowest BCUT2D eigenvalue weighted by Gasteiger charge is -2.32. The molecule has 0 bridgehead atoms. The highest BCUT2D eigenvalue weighted by Gasteiger charge is 2.36. The summed E-state index contributed by atoms with van der Waals surface area (Å²) in [5.74, 6) is -0.240. The Morgan fingerprint density at radius 3 is 2.87 bits per heavy atom. The van der Waals surface area contributed by atoms with Gasteiger partial charge in [0.2, 0.25) is 0 Å². The lowest BCUT2D eigenvalue weighted by atomic mass is 9.98. The maximum absolute atomic E-state index is 12.6. The van der Waals surface area contributed by atoms with Crippen LogP contribution in [0.2, 0.25) is 0 Å². The van der Waals surface area contributed by atoms with Gasteiger partial charge in [-0.05, 0) is 31.9 Å². The summed E-state index contributed by atoms with van der Waals surface area (Å²) in [4.78, 5) is 25.6. The number of anilines is 1. The number of nitro benzene ring substituents is 1. The second kappa shape index (κ2) is 6.54. The number of amides is 1. The molecular formula is C16H22N4O3. The lowest BCUT2D eigenvalue weighted by molar-refractivity contribution is -0.384. The first kappa shape index (κ1) is 15.7. The Balaban J connectivity index is 1.77. The molecule has 1 aromatic rings. The van der Waals surface area contributed by atoms with Crippen molar-refractivity contribution in [2.45, 2.75) is 37.8 Å². The highest BCUT2D eigenvalue weighted by atomic mass is 16.6. The van der Waals surface area contributed by atoms with E-state index in [1.54, 1.807) is 13.1 Å². The van der Waals surface area contributed by atoms with Gasteiger partial charge in [0.05, 0.1) is 10.5 Å². The summed E-state index contributed by atoms with van der Waals surface area (Å²) in [7, 11) is 1.70. The van der Waals surface area contributed by atoms with Crippen LogP contribution in [0.5, 0.6) is 0 Å². The number of piperidine rings is 1. The molecule has 0 saturated carbocycles. The highest BCUT2D eigenvalue weighted by Crippen LogP contribution is 2.28. The number of benzene rings is 1. The maximum atomic E-state index is 12.6. The van der Waals surface area contributed by atoms with E-state index in [4.69, 9.17) is 0 Å². The van der Waals surface area contributed by atoms with E-state index in [1.807, 2.05) is 0 Å². The van der Waals surface area contributed by atoms with Crippen molar-refractivity contribution in [3.8, 4) is 0 Å². The molecule has 2 N–H and O–H groups in total. The number of fused-ring (bicyclic) bond motifs is 1. The number of hydrogen-bond acceptors (Lipinski definition) is 5. The average Bonchev–Trinajstić information content (AvgIpc) is 2.97. The average molecular weight is 318 g/mol. The molecule has 124 valence electrons. The maximum Gasteiger partial charge on any atom is 0.270 e. The fourth-order valence-electron chi connectivity index (χ4n) is 3.71. The fraction of sp³-hybridized carbons (Fsp3) is 0.562. The van der Waals surface area contributed by atoms with Gasteiger partial charge < -0.3 is 10.6 Å². The Morgan fingerprint density at radius 1 is 1.30 bits per heavy atom. The number of non-ortho nitro benzene ring substituents is 1. The summed E-state index contributed by atoms with van der Waals surface area (Å²) in [6.07, 6.45) is 4.48. The summed E-state index contributed by atoms with van der Waals surface area (Å²) in [5, 5.41) is 17.0. The minimum Gasteiger partial charge on any atom is -0.387 e. The minimum absolute atomic E-state index is 0.0696. The number of nitro groups is 1. The van der Waals surface area contributed by atoms with Gasteiger partial charge in [-0.2, -0.15) is 0 Å². The summed E-state index contributed by atoms with van der Waals surface area (Å²) in [6.45, 7) is 2.12. The zero-order chi connectivity index (χ0) is 16.4. The normalized spacial score (nSPS) is 24.0. The molecule has 3 rings (SSSR count). The molecule has 0 unspecified atom stereocenters. The molecule has 0 spiro atoms. The molecule has 7 nitrogen and oxygen atoms in total. The van der Waals surface area contributed by atoms with E-state index in [0.717, 1.165) is 25.9 Å². The van der Waals surface area contributed by atoms with E-state index in [1.165, 1.54) is 25.0 Å². The summed E-state index contributed by atoms with van der Waals surface area (Å²) >= 11 is 0. The minimum atomic E-state index is -0.478. The van der Waals surface area contributed by atoms with Crippen molar-refractivity contribution >= 4 is 17.3 Å². The lowest BCUT2D eigenvalue weighted by Crippen LogP contribution is -2.46. The Kier molecular flexibility index (Phi) is 4.47. The van der Waals surface area contributed by atoms with E-state index in [2.05, 4.69) is 15.5 Å². The van der Waals surface area contributed by atoms with Gasteiger partial charge in [-0.1, -0.05) is 6.42 Å². The van der Waals surface area contributed by atoms with Crippen LogP contribution in [0.4, 0.5) is 11.4 Å². The van der Waals surface area contributed by atoms with Crippen LogP contribution in [0.1, 0.15) is 36.0 Å². The second-order valence-electron chi connectivity index (χ2n) is 6.20. The van der Waals surface area contributed by atoms with Crippen molar-refractivity contribution in [3.63, 3.8) is 0 Å². The highest BCUT2D eigenvalue weighted by molar-refractivity contribution is 6.00. The van der Waals surface area contributed by atoms with Crippen LogP contribution in [0.15, 0.2) is 18.2 Å². The molecule has 2 heterocycles. The van der Waals surface area contributed by atoms with Crippen LogP contribution in [0.3, 0.4) is 0 Å². The molecule has 2 saturated heterocycles. The largest absolute Gasteiger partial charge is 0.387 e. The summed E-state index contributed by atoms with van der Waals surface area (Å²) < 4.78 is 0. The van der Waals surface area contributed by atoms with E-state index in [-0.39, 0.29) is 17.6 Å². The Hall–Kier alpha value is -2.15. The third-order valence-corrected chi connectivity index (χ3v) is 4.90. The molecule has 1 aromatic carbocycles. The fourth-order valence-corrected chi connectivity index (χ4v) is 3.71. The van der Waals surface area contributed by atoms with Gasteiger partial charge in [0.15, 0.2) is 0 Å². The molecule has 2 aliphatic rings. The van der Waals surface area contributed by atoms with E-state index >= 15 is 0 Å². The van der Waals surface area contributed by atoms with Crippen LogP contribution in [0.25, 0.3) is 0 Å². The van der Waals surface area contributed by atoms with Crippen molar-refractivity contribution in [1.82, 2.24) is 10.2 Å². The Morgan fingerprint density at radius 2 is 2.13 bits per heavy atom. The first-order valence-electron chi connectivity index (χ1n) is 8.11. The summed E-state index contributed by atoms with van der Waals surface area (Å²) in [5.41, 5.74) is 0.863. The van der Waals surface area contributed by atoms with Crippen LogP contribution < -0.4 is 10.6 Å². The van der Waals surface area contributed by atoms with E-state index < -0.39 is 4.92 Å². The van der Waals surface area contributed by atoms with E-state index in [9.17, 15) is 14.9 Å². The number of nitrogens with one attached hydrogen (secondary N) is 2. The van der Waals surface area contributed by atoms with Gasteiger partial charge in [0.25, 0.3) is 11.6 Å². The monoisotopic (exact) mass is 318 g/mol. The Bertz CT molecular complexity index is 619. The number of rotatable bonds is 4. The predicted octanol–water partition coefficient (Wildman–Crippen LogP) is 1.99. The number of carbonyl (C=O) groups is 1. The zero-order valence-electron chi connectivity index (χ0n) is 13.2. The quantitative estimate of drug-likeness (QED) is 0.655. The van der Waals surface area contributed by atoms with Crippen molar-refractivity contribution in [2.75, 3.05) is 25.5 Å². The first-order chi connectivity index (χ1) is 11.1. The number of nitrogens with zero attached hydrogens (tertiary/aromatic N) is 2. The third kappa shape index (κ3) is 3.14. The number of hydrogen-bond donors (Lipinski definition) is 2. The molecule has 7 heteroatoms. The third-order valence-electron chi connectivity index (χ3n) is 4.90. The molecule has 0 aliphatic carbocycles. The molecule has 0 radical (unpaired) electrons. The van der Waals surface area contributed by atoms with Gasteiger partial charge in [0, 0.05) is 43.5 Å². The second-order valence-corrected chi connectivity index (χ2v) is 6.20. The first-order valence-corrected chi connectivity index (χ1v) is 8.11. The van der Waals surface area contributed by atoms with Gasteiger partial charge >= 0.3 is 0 Å². The van der Waals surface area contributed by atoms with E-state index in [0.29, 0.717) is 17.3 Å². The predicted molar refractivity (Wildman–Crippen MR) is 87.7 cm³/mol. The van der Waals surface area contributed by atoms with Crippen molar-refractivity contribution in [2.24, 2.45) is 0 Å². The molecule has 2 atom stereocenters. The Labute approximate surface area is 135 Å². The van der Waals surface area contributed by atoms with Crippen LogP contribution >= 0.6 is 0 Å². The van der Waals surface area contributed by atoms with Crippen molar-refractivity contribution in [3.05, 3.63) is 33.9 Å². The molecule has 0 aromatic heterocycles. The smallest absolute Gasteiger partial charge is 0.270 e. The van der Waals surface area contributed by atoms with Crippen LogP contribution in [0, 0.1) is 10.1 Å². The zero-order valence-corrected chi connectivity index (χ0v) is 13.2. The topological polar surface area (TPSA) is 87.5 Å². The number of carbonyl (C=O) groups excluding carboxylic acids is 1. The van der Waals surface area contributed by atoms with Crippen molar-refractivity contribution < 1.29 is 9.72 Å². The molecule has 2 fully saturated rings. The summed E-state index contributed by atoms with van der Waals surface area (Å²) in [6, 6.07) is 4.86. The van der Waals surface area contributed by atoms with Gasteiger partial charge in [0.1, 0.15) is 0 Å². The molecule has 2 aliphatic heterocycles. The van der Waals surface area contributed by atoms with Gasteiger partial charge in [-0.25, -0.2) is 0 Å². The molecule has 23 heavy (non-hydrogen) atoms.